The van der Waals surface area contributed by atoms with Gasteiger partial charge in [0.1, 0.15) is 0 Å². The van der Waals surface area contributed by atoms with Gasteiger partial charge in [-0.15, -0.1) is 0 Å². The number of ether oxygens (including phenoxy) is 1. The number of aromatic nitrogens is 1. The average Bonchev–Trinajstić information content (AvgIpc) is 2.43. The van der Waals surface area contributed by atoms with E-state index in [2.05, 4.69) is 4.98 Å². The van der Waals surface area contributed by atoms with Gasteiger partial charge in [0, 0.05) is 23.5 Å². The monoisotopic (exact) mass is 349 g/mol. The quantitative estimate of drug-likeness (QED) is 0.555. The average molecular weight is 351 g/mol. The zero-order valence-corrected chi connectivity index (χ0v) is 13.1. The fourth-order valence-corrected chi connectivity index (χ4v) is 2.68. The number of hydrogen-bond acceptors (Lipinski definition) is 3. The molecule has 7 heteroatoms. The molecule has 3 nitrogen and oxygen atoms in total. The van der Waals surface area contributed by atoms with E-state index in [0.29, 0.717) is 21.2 Å². The van der Waals surface area contributed by atoms with Crippen molar-refractivity contribution in [1.82, 2.24) is 4.98 Å². The van der Waals surface area contributed by atoms with Crippen LogP contribution < -0.4 is 0 Å². The first-order valence-corrected chi connectivity index (χ1v) is 6.84. The SMILES string of the molecule is COC(=O)c1c(Cl)cncc1-c1c(Cl)ccc(Cl)c1Cl. The van der Waals surface area contributed by atoms with Crippen LogP contribution in [0.4, 0.5) is 0 Å². The minimum Gasteiger partial charge on any atom is -0.465 e. The Morgan fingerprint density at radius 1 is 1.05 bits per heavy atom. The first kappa shape index (κ1) is 15.4. The third kappa shape index (κ3) is 2.72. The van der Waals surface area contributed by atoms with E-state index in [4.69, 9.17) is 51.1 Å². The Bertz CT molecular complexity index is 688. The summed E-state index contributed by atoms with van der Waals surface area (Å²) in [5, 5.41) is 0.991. The lowest BCUT2D eigenvalue weighted by Crippen LogP contribution is -2.05. The van der Waals surface area contributed by atoms with Crippen molar-refractivity contribution < 1.29 is 9.53 Å². The van der Waals surface area contributed by atoms with E-state index in [1.165, 1.54) is 19.5 Å². The van der Waals surface area contributed by atoms with Gasteiger partial charge in [-0.05, 0) is 12.1 Å². The lowest BCUT2D eigenvalue weighted by atomic mass is 10.0. The zero-order chi connectivity index (χ0) is 14.9. The number of esters is 1. The summed E-state index contributed by atoms with van der Waals surface area (Å²) in [6.45, 7) is 0. The molecule has 0 atom stereocenters. The lowest BCUT2D eigenvalue weighted by Gasteiger charge is -2.13. The number of benzene rings is 1. The second kappa shape index (κ2) is 6.19. The number of rotatable bonds is 2. The topological polar surface area (TPSA) is 39.2 Å². The molecule has 0 aliphatic carbocycles. The molecular formula is C13H7Cl4NO2. The molecule has 0 saturated heterocycles. The van der Waals surface area contributed by atoms with E-state index in [0.717, 1.165) is 0 Å². The molecule has 0 aliphatic heterocycles. The molecule has 0 aliphatic rings. The van der Waals surface area contributed by atoms with Gasteiger partial charge in [-0.3, -0.25) is 4.98 Å². The van der Waals surface area contributed by atoms with Crippen LogP contribution in [0, 0.1) is 0 Å². The van der Waals surface area contributed by atoms with E-state index in [1.807, 2.05) is 0 Å². The molecule has 0 amide bonds. The number of pyridine rings is 1. The summed E-state index contributed by atoms with van der Waals surface area (Å²) in [6.07, 6.45) is 2.77. The summed E-state index contributed by atoms with van der Waals surface area (Å²) in [5.74, 6) is -0.612. The van der Waals surface area contributed by atoms with Gasteiger partial charge in [-0.25, -0.2) is 4.79 Å². The van der Waals surface area contributed by atoms with Gasteiger partial charge in [-0.2, -0.15) is 0 Å². The number of halogens is 4. The van der Waals surface area contributed by atoms with Crippen molar-refractivity contribution in [1.29, 1.82) is 0 Å². The van der Waals surface area contributed by atoms with Crippen LogP contribution >= 0.6 is 46.4 Å². The van der Waals surface area contributed by atoms with Crippen molar-refractivity contribution in [3.05, 3.63) is 50.2 Å². The standard InChI is InChI=1S/C13H7Cl4NO2/c1-20-13(19)11-6(4-18-5-9(11)16)10-7(14)2-3-8(15)12(10)17/h2-5H,1H3. The van der Waals surface area contributed by atoms with E-state index in [1.54, 1.807) is 12.1 Å². The molecule has 1 aromatic carbocycles. The molecule has 0 radical (unpaired) electrons. The van der Waals surface area contributed by atoms with Gasteiger partial charge in [0.2, 0.25) is 0 Å². The minimum absolute atomic E-state index is 0.134. The molecule has 1 aromatic heterocycles. The Morgan fingerprint density at radius 3 is 2.35 bits per heavy atom. The van der Waals surface area contributed by atoms with Crippen LogP contribution in [0.2, 0.25) is 20.1 Å². The molecule has 0 spiro atoms. The second-order valence-electron chi connectivity index (χ2n) is 3.75. The maximum Gasteiger partial charge on any atom is 0.340 e. The summed E-state index contributed by atoms with van der Waals surface area (Å²) in [7, 11) is 1.25. The van der Waals surface area contributed by atoms with E-state index in [-0.39, 0.29) is 15.6 Å². The third-order valence-corrected chi connectivity index (χ3v) is 4.01. The third-order valence-electron chi connectivity index (χ3n) is 2.60. The number of methoxy groups -OCH3 is 1. The molecule has 0 bridgehead atoms. The second-order valence-corrected chi connectivity index (χ2v) is 5.35. The Morgan fingerprint density at radius 2 is 1.70 bits per heavy atom. The molecule has 2 aromatic rings. The summed E-state index contributed by atoms with van der Waals surface area (Å²) < 4.78 is 4.72. The molecular weight excluding hydrogens is 344 g/mol. The van der Waals surface area contributed by atoms with Crippen molar-refractivity contribution >= 4 is 52.4 Å². The van der Waals surface area contributed by atoms with Crippen molar-refractivity contribution in [2.24, 2.45) is 0 Å². The smallest absolute Gasteiger partial charge is 0.340 e. The van der Waals surface area contributed by atoms with Gasteiger partial charge >= 0.3 is 5.97 Å². The highest BCUT2D eigenvalue weighted by Gasteiger charge is 2.22. The summed E-state index contributed by atoms with van der Waals surface area (Å²) >= 11 is 24.3. The lowest BCUT2D eigenvalue weighted by molar-refractivity contribution is 0.0601. The van der Waals surface area contributed by atoms with E-state index in [9.17, 15) is 4.79 Å². The van der Waals surface area contributed by atoms with Gasteiger partial charge in [-0.1, -0.05) is 46.4 Å². The van der Waals surface area contributed by atoms with Gasteiger partial charge < -0.3 is 4.74 Å². The minimum atomic E-state index is -0.612. The molecule has 0 unspecified atom stereocenters. The molecule has 104 valence electrons. The molecule has 0 fully saturated rings. The highest BCUT2D eigenvalue weighted by Crippen LogP contribution is 2.41. The normalized spacial score (nSPS) is 10.4. The van der Waals surface area contributed by atoms with Gasteiger partial charge in [0.15, 0.2) is 0 Å². The number of hydrogen-bond donors (Lipinski definition) is 0. The first-order valence-electron chi connectivity index (χ1n) is 5.33. The maximum absolute atomic E-state index is 11.9. The Hall–Kier alpha value is -1.000. The fraction of sp³-hybridized carbons (Fsp3) is 0.0769. The number of nitrogens with zero attached hydrogens (tertiary/aromatic N) is 1. The van der Waals surface area contributed by atoms with Gasteiger partial charge in [0.25, 0.3) is 0 Å². The molecule has 2 rings (SSSR count). The van der Waals surface area contributed by atoms with Crippen molar-refractivity contribution in [2.45, 2.75) is 0 Å². The summed E-state index contributed by atoms with van der Waals surface area (Å²) in [4.78, 5) is 15.8. The molecule has 0 N–H and O–H groups in total. The summed E-state index contributed by atoms with van der Waals surface area (Å²) in [5.41, 5.74) is 0.883. The van der Waals surface area contributed by atoms with Crippen molar-refractivity contribution in [2.75, 3.05) is 7.11 Å². The van der Waals surface area contributed by atoms with Crippen LogP contribution in [-0.4, -0.2) is 18.1 Å². The Labute approximate surface area is 135 Å². The Balaban J connectivity index is 2.81. The van der Waals surface area contributed by atoms with Crippen molar-refractivity contribution in [3.63, 3.8) is 0 Å². The van der Waals surface area contributed by atoms with Crippen LogP contribution in [0.3, 0.4) is 0 Å². The van der Waals surface area contributed by atoms with Crippen LogP contribution in [0.5, 0.6) is 0 Å². The van der Waals surface area contributed by atoms with Crippen LogP contribution in [0.15, 0.2) is 24.5 Å². The van der Waals surface area contributed by atoms with Crippen LogP contribution in [-0.2, 0) is 4.74 Å². The van der Waals surface area contributed by atoms with Crippen LogP contribution in [0.1, 0.15) is 10.4 Å². The largest absolute Gasteiger partial charge is 0.465 e. The van der Waals surface area contributed by atoms with E-state index >= 15 is 0 Å². The Kier molecular flexibility index (Phi) is 4.76. The van der Waals surface area contributed by atoms with Crippen molar-refractivity contribution in [3.8, 4) is 11.1 Å². The van der Waals surface area contributed by atoms with Crippen LogP contribution in [0.25, 0.3) is 11.1 Å². The zero-order valence-electron chi connectivity index (χ0n) is 10.1. The van der Waals surface area contributed by atoms with E-state index < -0.39 is 5.97 Å². The number of carbonyl (C=O) groups is 1. The fourth-order valence-electron chi connectivity index (χ4n) is 1.71. The maximum atomic E-state index is 11.9. The first-order chi connectivity index (χ1) is 9.47. The highest BCUT2D eigenvalue weighted by molar-refractivity contribution is 6.46. The molecule has 20 heavy (non-hydrogen) atoms. The summed E-state index contributed by atoms with van der Waals surface area (Å²) in [6, 6.07) is 3.14. The highest BCUT2D eigenvalue weighted by atomic mass is 35.5. The predicted molar refractivity (Wildman–Crippen MR) is 81.1 cm³/mol. The van der Waals surface area contributed by atoms with Gasteiger partial charge in [0.05, 0.1) is 32.8 Å². The molecule has 0 saturated carbocycles. The predicted octanol–water partition coefficient (Wildman–Crippen LogP) is 5.15. The number of carbonyl (C=O) groups excluding carboxylic acids is 1. The molecule has 1 heterocycles.